The topological polar surface area (TPSA) is 75.7 Å². The number of pyridine rings is 1. The Balaban J connectivity index is 1.72. The number of rotatable bonds is 9. The Morgan fingerprint density at radius 3 is 2.90 bits per heavy atom. The van der Waals surface area contributed by atoms with Gasteiger partial charge in [0.25, 0.3) is 0 Å². The molecule has 0 bridgehead atoms. The molecule has 2 N–H and O–H groups in total. The van der Waals surface area contributed by atoms with Gasteiger partial charge in [0.1, 0.15) is 17.3 Å². The van der Waals surface area contributed by atoms with E-state index in [1.54, 1.807) is 13.3 Å². The number of nitrogens with one attached hydrogen (secondary N) is 2. The maximum Gasteiger partial charge on any atom is 0.163 e. The summed E-state index contributed by atoms with van der Waals surface area (Å²) in [5.74, 6) is 0.948. The van der Waals surface area contributed by atoms with Gasteiger partial charge in [0.05, 0.1) is 6.20 Å². The van der Waals surface area contributed by atoms with Crippen LogP contribution in [0.4, 0.5) is 10.2 Å². The smallest absolute Gasteiger partial charge is 0.163 e. The molecule has 0 amide bonds. The van der Waals surface area contributed by atoms with Crippen LogP contribution in [-0.4, -0.2) is 39.7 Å². The molecule has 0 aliphatic heterocycles. The molecule has 7 heteroatoms. The molecular weight excluding hydrogens is 381 g/mol. The van der Waals surface area contributed by atoms with E-state index in [-0.39, 0.29) is 17.3 Å². The molecule has 1 aliphatic rings. The molecular formula is C23H28FN5O. The monoisotopic (exact) mass is 409 g/mol. The summed E-state index contributed by atoms with van der Waals surface area (Å²) in [6, 6.07) is 1.71. The van der Waals surface area contributed by atoms with Gasteiger partial charge in [0, 0.05) is 48.7 Å². The lowest BCUT2D eigenvalue weighted by Gasteiger charge is -2.45. The van der Waals surface area contributed by atoms with E-state index in [1.165, 1.54) is 31.5 Å². The summed E-state index contributed by atoms with van der Waals surface area (Å²) in [4.78, 5) is 16.6. The molecule has 1 atom stereocenters. The molecule has 3 heterocycles. The number of hydrogen-bond donors (Lipinski definition) is 2. The van der Waals surface area contributed by atoms with Gasteiger partial charge < -0.3 is 15.0 Å². The molecule has 3 aromatic heterocycles. The van der Waals surface area contributed by atoms with E-state index >= 15 is 0 Å². The first-order valence-corrected chi connectivity index (χ1v) is 10.4. The van der Waals surface area contributed by atoms with Gasteiger partial charge in [0.15, 0.2) is 5.82 Å². The largest absolute Gasteiger partial charge is 0.385 e. The maximum absolute atomic E-state index is 13.8. The number of nitrogens with zero attached hydrogens (tertiary/aromatic N) is 3. The third-order valence-corrected chi connectivity index (χ3v) is 6.23. The molecule has 0 aromatic carbocycles. The number of aromatic nitrogens is 4. The van der Waals surface area contributed by atoms with Crippen molar-refractivity contribution in [2.45, 2.75) is 45.1 Å². The Hall–Kier alpha value is -2.80. The minimum absolute atomic E-state index is 0.225. The van der Waals surface area contributed by atoms with Crippen LogP contribution >= 0.6 is 0 Å². The highest BCUT2D eigenvalue weighted by atomic mass is 19.1. The molecule has 30 heavy (non-hydrogen) atoms. The minimum Gasteiger partial charge on any atom is -0.385 e. The van der Waals surface area contributed by atoms with E-state index in [9.17, 15) is 4.39 Å². The van der Waals surface area contributed by atoms with Crippen LogP contribution in [0.5, 0.6) is 0 Å². The van der Waals surface area contributed by atoms with Crippen molar-refractivity contribution in [1.82, 2.24) is 19.9 Å². The summed E-state index contributed by atoms with van der Waals surface area (Å²) in [5.41, 5.74) is 2.56. The number of fused-ring (bicyclic) bond motifs is 1. The number of anilines is 1. The average Bonchev–Trinajstić information content (AvgIpc) is 3.13. The third kappa shape index (κ3) is 3.94. The maximum atomic E-state index is 13.8. The Kier molecular flexibility index (Phi) is 5.81. The first-order chi connectivity index (χ1) is 14.5. The summed E-state index contributed by atoms with van der Waals surface area (Å²) in [7, 11) is 1.73. The Morgan fingerprint density at radius 2 is 2.20 bits per heavy atom. The molecule has 6 nitrogen and oxygen atoms in total. The molecule has 3 aromatic rings. The zero-order valence-corrected chi connectivity index (χ0v) is 17.5. The quantitative estimate of drug-likeness (QED) is 0.492. The van der Waals surface area contributed by atoms with Crippen LogP contribution in [-0.2, 0) is 11.2 Å². The van der Waals surface area contributed by atoms with Crippen molar-refractivity contribution in [2.75, 3.05) is 19.0 Å². The van der Waals surface area contributed by atoms with Crippen LogP contribution in [0.15, 0.2) is 37.3 Å². The second-order valence-corrected chi connectivity index (χ2v) is 8.30. The molecule has 1 aliphatic carbocycles. The predicted octanol–water partition coefficient (Wildman–Crippen LogP) is 4.89. The van der Waals surface area contributed by atoms with Crippen LogP contribution in [0.1, 0.15) is 38.2 Å². The number of methoxy groups -OCH3 is 1. The van der Waals surface area contributed by atoms with Gasteiger partial charge in [-0.05, 0) is 37.2 Å². The molecule has 1 fully saturated rings. The lowest BCUT2D eigenvalue weighted by molar-refractivity contribution is 0.0995. The fraction of sp³-hybridized carbons (Fsp3) is 0.435. The highest BCUT2D eigenvalue weighted by molar-refractivity contribution is 5.91. The summed E-state index contributed by atoms with van der Waals surface area (Å²) in [6.45, 7) is 6.88. The van der Waals surface area contributed by atoms with Crippen LogP contribution in [0.2, 0.25) is 0 Å². The zero-order valence-electron chi connectivity index (χ0n) is 17.5. The lowest BCUT2D eigenvalue weighted by Crippen LogP contribution is -2.44. The fourth-order valence-electron chi connectivity index (χ4n) is 4.21. The fourth-order valence-corrected chi connectivity index (χ4v) is 4.21. The SMILES string of the molecule is C=CCc1cnc(-c2c[nH]c3ncc(F)cc23)nc1NC(CCOC)C1(C)CCC1. The van der Waals surface area contributed by atoms with Crippen molar-refractivity contribution in [2.24, 2.45) is 5.41 Å². The number of aromatic amines is 1. The predicted molar refractivity (Wildman–Crippen MR) is 117 cm³/mol. The van der Waals surface area contributed by atoms with E-state index in [1.807, 2.05) is 12.3 Å². The second-order valence-electron chi connectivity index (χ2n) is 8.30. The Labute approximate surface area is 176 Å². The number of hydrogen-bond acceptors (Lipinski definition) is 5. The molecule has 0 spiro atoms. The first kappa shape index (κ1) is 20.5. The van der Waals surface area contributed by atoms with Gasteiger partial charge in [-0.15, -0.1) is 6.58 Å². The van der Waals surface area contributed by atoms with Crippen molar-refractivity contribution >= 4 is 16.9 Å². The van der Waals surface area contributed by atoms with Crippen LogP contribution in [0.3, 0.4) is 0 Å². The highest BCUT2D eigenvalue weighted by Crippen LogP contribution is 2.45. The van der Waals surface area contributed by atoms with E-state index in [0.29, 0.717) is 29.9 Å². The number of allylic oxidation sites excluding steroid dienone is 1. The molecule has 1 saturated carbocycles. The highest BCUT2D eigenvalue weighted by Gasteiger charge is 2.39. The third-order valence-electron chi connectivity index (χ3n) is 6.23. The summed E-state index contributed by atoms with van der Waals surface area (Å²) < 4.78 is 19.1. The standard InChI is InChI=1S/C23H28FN5O/c1-4-6-15-12-25-22(18-14-27-21-17(18)11-16(24)13-26-21)29-20(15)28-19(7-10-30-3)23(2)8-5-9-23/h4,11-14,19H,1,5-10H2,2-3H3,(H,26,27)(H,25,28,29). The van der Waals surface area contributed by atoms with Gasteiger partial charge in [-0.3, -0.25) is 0 Å². The van der Waals surface area contributed by atoms with Crippen molar-refractivity contribution in [1.29, 1.82) is 0 Å². The summed E-state index contributed by atoms with van der Waals surface area (Å²) in [5, 5.41) is 4.36. The van der Waals surface area contributed by atoms with Gasteiger partial charge >= 0.3 is 0 Å². The number of halogens is 1. The zero-order chi connectivity index (χ0) is 21.1. The average molecular weight is 410 g/mol. The minimum atomic E-state index is -0.387. The summed E-state index contributed by atoms with van der Waals surface area (Å²) >= 11 is 0. The molecule has 4 rings (SSSR count). The molecule has 158 valence electrons. The van der Waals surface area contributed by atoms with Crippen LogP contribution < -0.4 is 5.32 Å². The van der Waals surface area contributed by atoms with Gasteiger partial charge in [-0.2, -0.15) is 0 Å². The van der Waals surface area contributed by atoms with Crippen molar-refractivity contribution in [3.05, 3.63) is 48.7 Å². The normalized spacial score (nSPS) is 16.2. The van der Waals surface area contributed by atoms with Crippen LogP contribution in [0.25, 0.3) is 22.4 Å². The lowest BCUT2D eigenvalue weighted by atomic mass is 9.64. The van der Waals surface area contributed by atoms with Gasteiger partial charge in [0.2, 0.25) is 0 Å². The molecule has 0 radical (unpaired) electrons. The Morgan fingerprint density at radius 1 is 1.37 bits per heavy atom. The van der Waals surface area contributed by atoms with Crippen molar-refractivity contribution in [3.63, 3.8) is 0 Å². The molecule has 1 unspecified atom stereocenters. The van der Waals surface area contributed by atoms with E-state index in [0.717, 1.165) is 23.4 Å². The van der Waals surface area contributed by atoms with Crippen molar-refractivity contribution in [3.8, 4) is 11.4 Å². The Bertz CT molecular complexity index is 1040. The van der Waals surface area contributed by atoms with Crippen LogP contribution in [0, 0.1) is 11.2 Å². The first-order valence-electron chi connectivity index (χ1n) is 10.4. The second kappa shape index (κ2) is 8.52. The molecule has 0 saturated heterocycles. The summed E-state index contributed by atoms with van der Waals surface area (Å²) in [6.07, 6.45) is 11.9. The van der Waals surface area contributed by atoms with E-state index in [4.69, 9.17) is 9.72 Å². The van der Waals surface area contributed by atoms with Gasteiger partial charge in [-0.1, -0.05) is 19.4 Å². The number of H-pyrrole nitrogens is 1. The number of ether oxygens (including phenoxy) is 1. The van der Waals surface area contributed by atoms with E-state index < -0.39 is 0 Å². The van der Waals surface area contributed by atoms with E-state index in [2.05, 4.69) is 33.8 Å². The van der Waals surface area contributed by atoms with Gasteiger partial charge in [-0.25, -0.2) is 19.3 Å². The van der Waals surface area contributed by atoms with Crippen molar-refractivity contribution < 1.29 is 9.13 Å².